The van der Waals surface area contributed by atoms with Crippen molar-refractivity contribution in [3.63, 3.8) is 0 Å². The summed E-state index contributed by atoms with van der Waals surface area (Å²) in [5.41, 5.74) is 1.60. The molecule has 0 bridgehead atoms. The maximum Gasteiger partial charge on any atom is 0.257 e. The highest BCUT2D eigenvalue weighted by Crippen LogP contribution is 2.13. The number of rotatable bonds is 3. The van der Waals surface area contributed by atoms with Gasteiger partial charge in [-0.15, -0.1) is 0 Å². The van der Waals surface area contributed by atoms with Crippen LogP contribution in [-0.4, -0.2) is 19.8 Å². The average Bonchev–Trinajstić information content (AvgIpc) is 3.12. The molecule has 2 aromatic heterocycles. The highest BCUT2D eigenvalue weighted by Gasteiger charge is 2.07. The quantitative estimate of drug-likeness (QED) is 0.795. The number of anilines is 1. The Balaban J connectivity index is 1.77. The van der Waals surface area contributed by atoms with Crippen LogP contribution in [0.5, 0.6) is 0 Å². The summed E-state index contributed by atoms with van der Waals surface area (Å²) >= 11 is 1.15. The van der Waals surface area contributed by atoms with E-state index in [0.29, 0.717) is 10.7 Å². The zero-order chi connectivity index (χ0) is 13.1. The van der Waals surface area contributed by atoms with Crippen LogP contribution in [0.25, 0.3) is 5.69 Å². The predicted molar refractivity (Wildman–Crippen MR) is 73.6 cm³/mol. The highest BCUT2D eigenvalue weighted by atomic mass is 32.1. The predicted octanol–water partition coefficient (Wildman–Crippen LogP) is 2.58. The molecule has 0 atom stereocenters. The molecule has 3 rings (SSSR count). The molecule has 1 aromatic carbocycles. The molecule has 0 unspecified atom stereocenters. The first-order valence-corrected chi connectivity index (χ1v) is 6.42. The van der Waals surface area contributed by atoms with Gasteiger partial charge in [0.05, 0.1) is 0 Å². The Morgan fingerprint density at radius 2 is 1.89 bits per heavy atom. The Bertz CT molecular complexity index is 659. The molecule has 1 N–H and O–H groups in total. The second kappa shape index (κ2) is 5.03. The third-order valence-corrected chi connectivity index (χ3v) is 3.19. The van der Waals surface area contributed by atoms with Gasteiger partial charge in [-0.1, -0.05) is 0 Å². The molecule has 19 heavy (non-hydrogen) atoms. The van der Waals surface area contributed by atoms with Crippen molar-refractivity contribution < 1.29 is 4.79 Å². The van der Waals surface area contributed by atoms with Gasteiger partial charge in [0, 0.05) is 35.2 Å². The second-order valence-corrected chi connectivity index (χ2v) is 4.62. The summed E-state index contributed by atoms with van der Waals surface area (Å²) in [5.74, 6) is -0.184. The van der Waals surface area contributed by atoms with Crippen LogP contribution in [0.15, 0.2) is 55.1 Å². The summed E-state index contributed by atoms with van der Waals surface area (Å²) in [5, 5.41) is 3.19. The molecule has 0 aliphatic carbocycles. The fraction of sp³-hybridized carbons (Fsp3) is 0. The normalized spacial score (nSPS) is 10.3. The van der Waals surface area contributed by atoms with Gasteiger partial charge in [-0.25, -0.2) is 4.98 Å². The van der Waals surface area contributed by atoms with E-state index >= 15 is 0 Å². The van der Waals surface area contributed by atoms with Crippen molar-refractivity contribution in [3.05, 3.63) is 60.7 Å². The fourth-order valence-corrected chi connectivity index (χ4v) is 2.12. The summed E-state index contributed by atoms with van der Waals surface area (Å²) in [7, 11) is 0. The Morgan fingerprint density at radius 3 is 2.53 bits per heavy atom. The average molecular weight is 270 g/mol. The summed E-state index contributed by atoms with van der Waals surface area (Å²) in [6, 6.07) is 11.3. The minimum atomic E-state index is -0.184. The molecule has 0 fully saturated rings. The minimum Gasteiger partial charge on any atom is -0.324 e. The molecule has 0 aliphatic rings. The van der Waals surface area contributed by atoms with E-state index in [9.17, 15) is 4.79 Å². The Kier molecular flexibility index (Phi) is 3.07. The number of hydrogen-bond donors (Lipinski definition) is 1. The molecule has 0 spiro atoms. The standard InChI is InChI=1S/C13H10N4OS/c18-12(16-13-14-9-15-19-13)10-3-5-11(6-4-10)17-7-1-2-8-17/h1-9H,(H,14,15,16,18). The number of aromatic nitrogens is 3. The van der Waals surface area contributed by atoms with E-state index in [1.807, 2.05) is 41.2 Å². The zero-order valence-electron chi connectivity index (χ0n) is 9.85. The molecular weight excluding hydrogens is 260 g/mol. The van der Waals surface area contributed by atoms with Crippen LogP contribution in [-0.2, 0) is 0 Å². The van der Waals surface area contributed by atoms with Gasteiger partial charge in [-0.2, -0.15) is 4.37 Å². The van der Waals surface area contributed by atoms with Gasteiger partial charge < -0.3 is 4.57 Å². The molecule has 5 nitrogen and oxygen atoms in total. The largest absolute Gasteiger partial charge is 0.324 e. The van der Waals surface area contributed by atoms with Crippen LogP contribution in [0.2, 0.25) is 0 Å². The van der Waals surface area contributed by atoms with Gasteiger partial charge in [0.25, 0.3) is 5.91 Å². The zero-order valence-corrected chi connectivity index (χ0v) is 10.7. The van der Waals surface area contributed by atoms with Crippen LogP contribution < -0.4 is 5.32 Å². The maximum absolute atomic E-state index is 11.9. The monoisotopic (exact) mass is 270 g/mol. The van der Waals surface area contributed by atoms with Gasteiger partial charge >= 0.3 is 0 Å². The number of amides is 1. The van der Waals surface area contributed by atoms with E-state index in [1.165, 1.54) is 6.33 Å². The van der Waals surface area contributed by atoms with Crippen LogP contribution >= 0.6 is 11.5 Å². The highest BCUT2D eigenvalue weighted by molar-refractivity contribution is 7.09. The Labute approximate surface area is 113 Å². The van der Waals surface area contributed by atoms with Gasteiger partial charge in [-0.05, 0) is 36.4 Å². The first-order valence-electron chi connectivity index (χ1n) is 5.64. The Morgan fingerprint density at radius 1 is 1.16 bits per heavy atom. The van der Waals surface area contributed by atoms with Crippen LogP contribution in [0.4, 0.5) is 5.13 Å². The van der Waals surface area contributed by atoms with Crippen molar-refractivity contribution >= 4 is 22.6 Å². The van der Waals surface area contributed by atoms with E-state index in [1.54, 1.807) is 12.1 Å². The summed E-state index contributed by atoms with van der Waals surface area (Å²) < 4.78 is 5.81. The second-order valence-electron chi connectivity index (χ2n) is 3.84. The molecule has 3 aromatic rings. The van der Waals surface area contributed by atoms with E-state index in [0.717, 1.165) is 17.2 Å². The molecule has 0 saturated heterocycles. The number of carbonyl (C=O) groups is 1. The summed E-state index contributed by atoms with van der Waals surface area (Å²) in [6.07, 6.45) is 5.32. The van der Waals surface area contributed by atoms with Gasteiger partial charge in [0.2, 0.25) is 5.13 Å². The van der Waals surface area contributed by atoms with Gasteiger partial charge in [-0.3, -0.25) is 10.1 Å². The fourth-order valence-electron chi connectivity index (χ4n) is 1.69. The molecular formula is C13H10N4OS. The molecule has 0 radical (unpaired) electrons. The van der Waals surface area contributed by atoms with Crippen molar-refractivity contribution in [1.82, 2.24) is 13.9 Å². The SMILES string of the molecule is O=C(Nc1ncns1)c1ccc(-n2cccc2)cc1. The smallest absolute Gasteiger partial charge is 0.257 e. The molecule has 1 amide bonds. The van der Waals surface area contributed by atoms with Crippen molar-refractivity contribution in [2.75, 3.05) is 5.32 Å². The summed E-state index contributed by atoms with van der Waals surface area (Å²) in [4.78, 5) is 15.8. The van der Waals surface area contributed by atoms with E-state index in [2.05, 4.69) is 14.7 Å². The van der Waals surface area contributed by atoms with E-state index in [4.69, 9.17) is 0 Å². The van der Waals surface area contributed by atoms with Crippen molar-refractivity contribution in [2.24, 2.45) is 0 Å². The third-order valence-electron chi connectivity index (χ3n) is 2.61. The number of nitrogens with one attached hydrogen (secondary N) is 1. The van der Waals surface area contributed by atoms with Crippen molar-refractivity contribution in [3.8, 4) is 5.69 Å². The lowest BCUT2D eigenvalue weighted by Crippen LogP contribution is -2.11. The number of hydrogen-bond acceptors (Lipinski definition) is 4. The molecule has 94 valence electrons. The van der Waals surface area contributed by atoms with Crippen LogP contribution in [0.3, 0.4) is 0 Å². The van der Waals surface area contributed by atoms with Gasteiger partial charge in [0.1, 0.15) is 6.33 Å². The minimum absolute atomic E-state index is 0.184. The summed E-state index contributed by atoms with van der Waals surface area (Å²) in [6.45, 7) is 0. The number of carbonyl (C=O) groups excluding carboxylic acids is 1. The number of nitrogens with zero attached hydrogens (tertiary/aromatic N) is 3. The lowest BCUT2D eigenvalue weighted by atomic mass is 10.2. The number of benzene rings is 1. The molecule has 0 aliphatic heterocycles. The topological polar surface area (TPSA) is 59.8 Å². The first kappa shape index (κ1) is 11.6. The first-order chi connectivity index (χ1) is 9.33. The van der Waals surface area contributed by atoms with Gasteiger partial charge in [0.15, 0.2) is 0 Å². The van der Waals surface area contributed by atoms with Crippen molar-refractivity contribution in [1.29, 1.82) is 0 Å². The molecule has 2 heterocycles. The molecule has 0 saturated carbocycles. The lowest BCUT2D eigenvalue weighted by molar-refractivity contribution is 0.102. The van der Waals surface area contributed by atoms with E-state index in [-0.39, 0.29) is 5.91 Å². The van der Waals surface area contributed by atoms with Crippen molar-refractivity contribution in [2.45, 2.75) is 0 Å². The van der Waals surface area contributed by atoms with Crippen LogP contribution in [0.1, 0.15) is 10.4 Å². The molecule has 6 heteroatoms. The third kappa shape index (κ3) is 2.53. The maximum atomic E-state index is 11.9. The van der Waals surface area contributed by atoms with Crippen LogP contribution in [0, 0.1) is 0 Å². The van der Waals surface area contributed by atoms with E-state index < -0.39 is 0 Å². The Hall–Kier alpha value is -2.47. The lowest BCUT2D eigenvalue weighted by Gasteiger charge is -2.05.